The van der Waals surface area contributed by atoms with Crippen LogP contribution < -0.4 is 5.73 Å². The average molecular weight is 366 g/mol. The number of thiazole rings is 1. The number of nitrogens with zero attached hydrogens (tertiary/aromatic N) is 2. The molecule has 2 aromatic heterocycles. The number of nitrogens with two attached hydrogens (primary N) is 1. The Morgan fingerprint density at radius 1 is 1.31 bits per heavy atom. The van der Waals surface area contributed by atoms with Gasteiger partial charge >= 0.3 is 5.97 Å². The van der Waals surface area contributed by atoms with Crippen LogP contribution in [-0.2, 0) is 4.74 Å². The second kappa shape index (κ2) is 7.45. The lowest BCUT2D eigenvalue weighted by atomic mass is 10.0. The van der Waals surface area contributed by atoms with Crippen molar-refractivity contribution in [2.24, 2.45) is 0 Å². The zero-order valence-corrected chi connectivity index (χ0v) is 15.3. The second-order valence-corrected chi connectivity index (χ2v) is 6.57. The first-order chi connectivity index (χ1) is 12.5. The minimum atomic E-state index is -0.515. The summed E-state index contributed by atoms with van der Waals surface area (Å²) in [6, 6.07) is 9.14. The van der Waals surface area contributed by atoms with E-state index in [2.05, 4.69) is 9.97 Å². The third-order valence-electron chi connectivity index (χ3n) is 3.83. The standard InChI is InChI=1S/C19H18N4O2S/c1-3-25-19(24)16-17(12-7-5-9-22-10-12)26-18(23-16)15(21)13-8-4-6-11(2)14(13)20/h4-10,21H,3,20H2,1-2H3. The molecule has 0 bridgehead atoms. The van der Waals surface area contributed by atoms with Crippen LogP contribution in [0.2, 0.25) is 0 Å². The van der Waals surface area contributed by atoms with Crippen LogP contribution in [0.5, 0.6) is 0 Å². The fourth-order valence-electron chi connectivity index (χ4n) is 2.47. The molecule has 2 heterocycles. The summed E-state index contributed by atoms with van der Waals surface area (Å²) in [7, 11) is 0. The largest absolute Gasteiger partial charge is 0.461 e. The van der Waals surface area contributed by atoms with Gasteiger partial charge in [-0.3, -0.25) is 10.4 Å². The summed E-state index contributed by atoms with van der Waals surface area (Å²) >= 11 is 1.25. The van der Waals surface area contributed by atoms with Crippen molar-refractivity contribution in [3.05, 3.63) is 64.6 Å². The van der Waals surface area contributed by atoms with Crippen LogP contribution in [0.25, 0.3) is 10.4 Å². The smallest absolute Gasteiger partial charge is 0.358 e. The Bertz CT molecular complexity index is 967. The Balaban J connectivity index is 2.10. The Hall–Kier alpha value is -3.06. The molecule has 1 aromatic carbocycles. The number of rotatable bonds is 5. The highest BCUT2D eigenvalue weighted by molar-refractivity contribution is 7.17. The minimum absolute atomic E-state index is 0.178. The molecule has 3 rings (SSSR count). The molecule has 3 aromatic rings. The topological polar surface area (TPSA) is 102 Å². The first kappa shape index (κ1) is 17.8. The van der Waals surface area contributed by atoms with Gasteiger partial charge < -0.3 is 10.5 Å². The molecule has 0 saturated heterocycles. The summed E-state index contributed by atoms with van der Waals surface area (Å²) in [4.78, 5) is 21.5. The number of aromatic nitrogens is 2. The Morgan fingerprint density at radius 2 is 2.12 bits per heavy atom. The summed E-state index contributed by atoms with van der Waals surface area (Å²) in [6.07, 6.45) is 3.32. The monoisotopic (exact) mass is 366 g/mol. The summed E-state index contributed by atoms with van der Waals surface area (Å²) in [6.45, 7) is 3.88. The number of anilines is 1. The van der Waals surface area contributed by atoms with Crippen LogP contribution in [-0.4, -0.2) is 28.3 Å². The van der Waals surface area contributed by atoms with Gasteiger partial charge in [0.2, 0.25) is 0 Å². The van der Waals surface area contributed by atoms with Crippen LogP contribution >= 0.6 is 11.3 Å². The molecule has 26 heavy (non-hydrogen) atoms. The maximum Gasteiger partial charge on any atom is 0.358 e. The van der Waals surface area contributed by atoms with Gasteiger partial charge in [-0.05, 0) is 25.5 Å². The van der Waals surface area contributed by atoms with Gasteiger partial charge in [0.05, 0.1) is 17.2 Å². The van der Waals surface area contributed by atoms with Gasteiger partial charge in [-0.2, -0.15) is 0 Å². The maximum atomic E-state index is 12.3. The van der Waals surface area contributed by atoms with E-state index in [1.165, 1.54) is 11.3 Å². The highest BCUT2D eigenvalue weighted by Crippen LogP contribution is 2.32. The Kier molecular flexibility index (Phi) is 5.09. The quantitative estimate of drug-likeness (QED) is 0.407. The molecular weight excluding hydrogens is 348 g/mol. The first-order valence-electron chi connectivity index (χ1n) is 8.05. The summed E-state index contributed by atoms with van der Waals surface area (Å²) in [5.74, 6) is -0.515. The van der Waals surface area contributed by atoms with Gasteiger partial charge in [0.1, 0.15) is 5.01 Å². The molecule has 0 aliphatic heterocycles. The fourth-order valence-corrected chi connectivity index (χ4v) is 3.48. The van der Waals surface area contributed by atoms with Crippen LogP contribution in [0.15, 0.2) is 42.7 Å². The third kappa shape index (κ3) is 3.34. The molecule has 0 radical (unpaired) electrons. The van der Waals surface area contributed by atoms with Crippen LogP contribution in [0.4, 0.5) is 5.69 Å². The minimum Gasteiger partial charge on any atom is -0.461 e. The number of pyridine rings is 1. The molecule has 3 N–H and O–H groups in total. The van der Waals surface area contributed by atoms with E-state index in [1.54, 1.807) is 31.5 Å². The lowest BCUT2D eigenvalue weighted by molar-refractivity contribution is 0.0521. The molecule has 0 fully saturated rings. The molecule has 0 aliphatic carbocycles. The zero-order valence-electron chi connectivity index (χ0n) is 14.4. The SMILES string of the molecule is CCOC(=O)c1nc(C(=N)c2cccc(C)c2N)sc1-c1cccnc1. The van der Waals surface area contributed by atoms with E-state index in [-0.39, 0.29) is 18.0 Å². The lowest BCUT2D eigenvalue weighted by Crippen LogP contribution is -2.09. The highest BCUT2D eigenvalue weighted by atomic mass is 32.1. The van der Waals surface area contributed by atoms with Crippen LogP contribution in [0.1, 0.15) is 33.5 Å². The number of ether oxygens (including phenoxy) is 1. The molecule has 0 amide bonds. The average Bonchev–Trinajstić information content (AvgIpc) is 3.10. The highest BCUT2D eigenvalue weighted by Gasteiger charge is 2.23. The molecule has 6 nitrogen and oxygen atoms in total. The van der Waals surface area contributed by atoms with E-state index in [4.69, 9.17) is 15.9 Å². The molecule has 0 spiro atoms. The van der Waals surface area contributed by atoms with Crippen LogP contribution in [0.3, 0.4) is 0 Å². The Morgan fingerprint density at radius 3 is 2.81 bits per heavy atom. The van der Waals surface area contributed by atoms with Crippen molar-refractivity contribution in [2.45, 2.75) is 13.8 Å². The molecule has 7 heteroatoms. The second-order valence-electron chi connectivity index (χ2n) is 5.57. The van der Waals surface area contributed by atoms with Gasteiger partial charge in [0, 0.05) is 29.2 Å². The van der Waals surface area contributed by atoms with Gasteiger partial charge in [-0.15, -0.1) is 11.3 Å². The van der Waals surface area contributed by atoms with E-state index in [9.17, 15) is 4.79 Å². The summed E-state index contributed by atoms with van der Waals surface area (Å²) < 4.78 is 5.12. The molecule has 0 aliphatic rings. The van der Waals surface area contributed by atoms with E-state index in [0.717, 1.165) is 11.1 Å². The van der Waals surface area contributed by atoms with Crippen molar-refractivity contribution < 1.29 is 9.53 Å². The number of esters is 1. The normalized spacial score (nSPS) is 10.5. The number of nitrogen functional groups attached to an aromatic ring is 1. The zero-order chi connectivity index (χ0) is 18.7. The van der Waals surface area contributed by atoms with Gasteiger partial charge in [-0.1, -0.05) is 24.3 Å². The molecule has 0 unspecified atom stereocenters. The van der Waals surface area contributed by atoms with E-state index in [0.29, 0.717) is 21.1 Å². The number of benzene rings is 1. The van der Waals surface area contributed by atoms with Gasteiger partial charge in [0.25, 0.3) is 0 Å². The van der Waals surface area contributed by atoms with Crippen LogP contribution in [0, 0.1) is 12.3 Å². The van der Waals surface area contributed by atoms with Crippen molar-refractivity contribution in [3.8, 4) is 10.4 Å². The van der Waals surface area contributed by atoms with E-state index < -0.39 is 5.97 Å². The maximum absolute atomic E-state index is 12.3. The molecule has 0 atom stereocenters. The lowest BCUT2D eigenvalue weighted by Gasteiger charge is -2.07. The third-order valence-corrected chi connectivity index (χ3v) is 4.95. The van der Waals surface area contributed by atoms with E-state index >= 15 is 0 Å². The van der Waals surface area contributed by atoms with Crippen molar-refractivity contribution in [2.75, 3.05) is 12.3 Å². The number of carbonyl (C=O) groups excluding carboxylic acids is 1. The number of nitrogens with one attached hydrogen (secondary N) is 1. The number of hydrogen-bond donors (Lipinski definition) is 2. The van der Waals surface area contributed by atoms with Crippen molar-refractivity contribution in [1.82, 2.24) is 9.97 Å². The van der Waals surface area contributed by atoms with Crippen molar-refractivity contribution >= 4 is 28.7 Å². The predicted octanol–water partition coefficient (Wildman–Crippen LogP) is 3.69. The number of aryl methyl sites for hydroxylation is 1. The number of carbonyl (C=O) groups is 1. The molecular formula is C19H18N4O2S. The first-order valence-corrected chi connectivity index (χ1v) is 8.87. The summed E-state index contributed by atoms with van der Waals surface area (Å²) in [5.41, 5.74) is 9.26. The molecule has 132 valence electrons. The van der Waals surface area contributed by atoms with Gasteiger partial charge in [-0.25, -0.2) is 9.78 Å². The molecule has 0 saturated carbocycles. The number of hydrogen-bond acceptors (Lipinski definition) is 7. The predicted molar refractivity (Wildman–Crippen MR) is 103 cm³/mol. The number of para-hydroxylation sites is 1. The van der Waals surface area contributed by atoms with Gasteiger partial charge in [0.15, 0.2) is 5.69 Å². The van der Waals surface area contributed by atoms with Crippen molar-refractivity contribution in [3.63, 3.8) is 0 Å². The van der Waals surface area contributed by atoms with Crippen molar-refractivity contribution in [1.29, 1.82) is 5.41 Å². The summed E-state index contributed by atoms with van der Waals surface area (Å²) in [5, 5.41) is 8.93. The van der Waals surface area contributed by atoms with E-state index in [1.807, 2.05) is 25.1 Å². The fraction of sp³-hybridized carbons (Fsp3) is 0.158. The Labute approximate surface area is 155 Å².